The average molecular weight is 493 g/mol. The van der Waals surface area contributed by atoms with Gasteiger partial charge < -0.3 is 20.5 Å². The van der Waals surface area contributed by atoms with Crippen LogP contribution in [0.3, 0.4) is 0 Å². The van der Waals surface area contributed by atoms with E-state index in [9.17, 15) is 18.4 Å². The third-order valence-corrected chi connectivity index (χ3v) is 7.24. The maximum atomic E-state index is 14.3. The first-order valence-corrected chi connectivity index (χ1v) is 11.9. The summed E-state index contributed by atoms with van der Waals surface area (Å²) in [6.07, 6.45) is -0.0601. The van der Waals surface area contributed by atoms with E-state index in [1.165, 1.54) is 0 Å². The normalized spacial score (nSPS) is 20.8. The first kappa shape index (κ1) is 23.9. The molecule has 2 unspecified atom stereocenters. The largest absolute Gasteiger partial charge is 0.465 e. The summed E-state index contributed by atoms with van der Waals surface area (Å²) >= 11 is 0. The number of hydrogen-bond acceptors (Lipinski definition) is 4. The van der Waals surface area contributed by atoms with E-state index in [0.29, 0.717) is 38.0 Å². The number of esters is 1. The highest BCUT2D eigenvalue weighted by atomic mass is 19.2. The average Bonchev–Trinajstić information content (AvgIpc) is 3.10. The molecule has 8 heteroatoms. The number of amides is 1. The molecule has 36 heavy (non-hydrogen) atoms. The number of aryl methyl sites for hydroxylation is 1. The van der Waals surface area contributed by atoms with Gasteiger partial charge in [-0.25, -0.2) is 18.4 Å². The SMILES string of the molecule is Cc1cc(-c2ccccc2CCNC(=O)O)ccc1C1CNCCC12OC(=O)c1cc(F)c(F)cc12. The molecule has 3 aromatic carbocycles. The van der Waals surface area contributed by atoms with Gasteiger partial charge >= 0.3 is 12.1 Å². The van der Waals surface area contributed by atoms with Gasteiger partial charge in [0.1, 0.15) is 5.60 Å². The van der Waals surface area contributed by atoms with E-state index in [0.717, 1.165) is 39.9 Å². The van der Waals surface area contributed by atoms with E-state index in [1.807, 2.05) is 43.3 Å². The van der Waals surface area contributed by atoms with Crippen LogP contribution in [0.25, 0.3) is 11.1 Å². The predicted molar refractivity (Wildman–Crippen MR) is 130 cm³/mol. The second-order valence-corrected chi connectivity index (χ2v) is 9.31. The topological polar surface area (TPSA) is 87.7 Å². The molecular formula is C28H26F2N2O4. The number of benzene rings is 3. The molecule has 2 aliphatic heterocycles. The fraction of sp³-hybridized carbons (Fsp3) is 0.286. The summed E-state index contributed by atoms with van der Waals surface area (Å²) in [6, 6.07) is 15.9. The molecule has 1 spiro atoms. The van der Waals surface area contributed by atoms with Crippen LogP contribution in [0.5, 0.6) is 0 Å². The van der Waals surface area contributed by atoms with Crippen LogP contribution in [0.2, 0.25) is 0 Å². The molecule has 1 saturated heterocycles. The Morgan fingerprint density at radius 3 is 2.69 bits per heavy atom. The van der Waals surface area contributed by atoms with E-state index in [2.05, 4.69) is 16.7 Å². The lowest BCUT2D eigenvalue weighted by Gasteiger charge is -2.41. The molecule has 0 aliphatic carbocycles. The molecular weight excluding hydrogens is 466 g/mol. The molecule has 5 rings (SSSR count). The lowest BCUT2D eigenvalue weighted by Crippen LogP contribution is -2.47. The molecule has 0 radical (unpaired) electrons. The lowest BCUT2D eigenvalue weighted by molar-refractivity contribution is -0.0374. The number of halogens is 2. The van der Waals surface area contributed by atoms with Crippen molar-refractivity contribution in [3.8, 4) is 11.1 Å². The fourth-order valence-corrected chi connectivity index (χ4v) is 5.56. The van der Waals surface area contributed by atoms with Gasteiger partial charge in [-0.05, 0) is 59.8 Å². The summed E-state index contributed by atoms with van der Waals surface area (Å²) in [7, 11) is 0. The number of fused-ring (bicyclic) bond motifs is 2. The molecule has 0 aromatic heterocycles. The van der Waals surface area contributed by atoms with Crippen molar-refractivity contribution in [3.63, 3.8) is 0 Å². The molecule has 0 saturated carbocycles. The van der Waals surface area contributed by atoms with Gasteiger partial charge in [-0.15, -0.1) is 0 Å². The Morgan fingerprint density at radius 1 is 1.14 bits per heavy atom. The smallest absolute Gasteiger partial charge is 0.404 e. The van der Waals surface area contributed by atoms with Crippen molar-refractivity contribution in [2.45, 2.75) is 31.3 Å². The van der Waals surface area contributed by atoms with Crippen molar-refractivity contribution in [1.82, 2.24) is 10.6 Å². The molecule has 2 atom stereocenters. The Hall–Kier alpha value is -3.78. The Kier molecular flexibility index (Phi) is 6.22. The number of rotatable bonds is 5. The number of carbonyl (C=O) groups excluding carboxylic acids is 1. The molecule has 6 nitrogen and oxygen atoms in total. The van der Waals surface area contributed by atoms with Crippen molar-refractivity contribution < 1.29 is 28.2 Å². The van der Waals surface area contributed by atoms with Crippen LogP contribution >= 0.6 is 0 Å². The number of carboxylic acid groups (broad SMARTS) is 1. The van der Waals surface area contributed by atoms with Crippen LogP contribution in [0, 0.1) is 18.6 Å². The highest BCUT2D eigenvalue weighted by Crippen LogP contribution is 2.51. The van der Waals surface area contributed by atoms with Gasteiger partial charge in [-0.3, -0.25) is 0 Å². The van der Waals surface area contributed by atoms with Gasteiger partial charge in [-0.2, -0.15) is 0 Å². The van der Waals surface area contributed by atoms with Crippen molar-refractivity contribution in [2.24, 2.45) is 0 Å². The fourth-order valence-electron chi connectivity index (χ4n) is 5.56. The van der Waals surface area contributed by atoms with E-state index < -0.39 is 29.3 Å². The summed E-state index contributed by atoms with van der Waals surface area (Å²) in [5, 5.41) is 14.6. The summed E-state index contributed by atoms with van der Waals surface area (Å²) in [5.41, 5.74) is 4.36. The van der Waals surface area contributed by atoms with Crippen molar-refractivity contribution in [1.29, 1.82) is 0 Å². The van der Waals surface area contributed by atoms with Crippen LogP contribution < -0.4 is 10.6 Å². The molecule has 1 fully saturated rings. The minimum Gasteiger partial charge on any atom is -0.465 e. The predicted octanol–water partition coefficient (Wildman–Crippen LogP) is 4.89. The Labute approximate surface area is 207 Å². The van der Waals surface area contributed by atoms with Crippen LogP contribution in [0.15, 0.2) is 54.6 Å². The van der Waals surface area contributed by atoms with E-state index >= 15 is 0 Å². The maximum Gasteiger partial charge on any atom is 0.404 e. The molecule has 0 bridgehead atoms. The Bertz CT molecular complexity index is 1360. The zero-order chi connectivity index (χ0) is 25.4. The van der Waals surface area contributed by atoms with E-state index in [-0.39, 0.29) is 11.5 Å². The standard InChI is InChI=1S/C28H26F2N2O4/c1-16-12-18(20-5-3-2-4-17(20)8-10-32-27(34)35)6-7-19(16)23-15-31-11-9-28(23)22-14-25(30)24(29)13-21(22)26(33)36-28/h2-7,12-14,23,31-32H,8-11,15H2,1H3,(H,34,35). The summed E-state index contributed by atoms with van der Waals surface area (Å²) < 4.78 is 34.1. The monoisotopic (exact) mass is 492 g/mol. The van der Waals surface area contributed by atoms with Crippen molar-refractivity contribution in [3.05, 3.63) is 94.0 Å². The highest BCUT2D eigenvalue weighted by molar-refractivity contribution is 5.95. The zero-order valence-electron chi connectivity index (χ0n) is 19.7. The first-order valence-electron chi connectivity index (χ1n) is 11.9. The molecule has 186 valence electrons. The van der Waals surface area contributed by atoms with Crippen molar-refractivity contribution in [2.75, 3.05) is 19.6 Å². The minimum atomic E-state index is -1.07. The van der Waals surface area contributed by atoms with Crippen LogP contribution in [0.4, 0.5) is 13.6 Å². The second-order valence-electron chi connectivity index (χ2n) is 9.31. The number of nitrogens with one attached hydrogen (secondary N) is 2. The molecule has 2 aliphatic rings. The lowest BCUT2D eigenvalue weighted by atomic mass is 9.72. The molecule has 2 heterocycles. The number of piperidine rings is 1. The van der Waals surface area contributed by atoms with Gasteiger partial charge in [0.2, 0.25) is 0 Å². The van der Waals surface area contributed by atoms with E-state index in [1.54, 1.807) is 0 Å². The van der Waals surface area contributed by atoms with Gasteiger partial charge in [-0.1, -0.05) is 42.5 Å². The minimum absolute atomic E-state index is 0.0824. The van der Waals surface area contributed by atoms with Crippen LogP contribution in [0.1, 0.15) is 45.0 Å². The highest BCUT2D eigenvalue weighted by Gasteiger charge is 2.53. The molecule has 3 N–H and O–H groups in total. The Balaban J connectivity index is 1.52. The second kappa shape index (κ2) is 9.35. The quantitative estimate of drug-likeness (QED) is 0.442. The van der Waals surface area contributed by atoms with Gasteiger partial charge in [0.25, 0.3) is 0 Å². The Morgan fingerprint density at radius 2 is 1.92 bits per heavy atom. The molecule has 3 aromatic rings. The third-order valence-electron chi connectivity index (χ3n) is 7.24. The first-order chi connectivity index (χ1) is 17.3. The zero-order valence-corrected chi connectivity index (χ0v) is 19.7. The number of carbonyl (C=O) groups is 2. The number of ether oxygens (including phenoxy) is 1. The summed E-state index contributed by atoms with van der Waals surface area (Å²) in [6.45, 7) is 3.39. The van der Waals surface area contributed by atoms with Gasteiger partial charge in [0.15, 0.2) is 11.6 Å². The summed E-state index contributed by atoms with van der Waals surface area (Å²) in [4.78, 5) is 23.5. The van der Waals surface area contributed by atoms with Gasteiger partial charge in [0.05, 0.1) is 5.56 Å². The van der Waals surface area contributed by atoms with E-state index in [4.69, 9.17) is 9.84 Å². The third kappa shape index (κ3) is 4.11. The number of hydrogen-bond donors (Lipinski definition) is 3. The maximum absolute atomic E-state index is 14.3. The summed E-state index contributed by atoms with van der Waals surface area (Å²) in [5.74, 6) is -2.98. The van der Waals surface area contributed by atoms with Crippen LogP contribution in [-0.2, 0) is 16.8 Å². The van der Waals surface area contributed by atoms with Crippen LogP contribution in [-0.4, -0.2) is 36.8 Å². The van der Waals surface area contributed by atoms with Gasteiger partial charge in [0, 0.05) is 31.0 Å². The van der Waals surface area contributed by atoms with Crippen molar-refractivity contribution >= 4 is 12.1 Å². The molecule has 1 amide bonds.